The lowest BCUT2D eigenvalue weighted by atomic mass is 10.3. The number of thiazole rings is 1. The lowest BCUT2D eigenvalue weighted by Gasteiger charge is -1.94. The van der Waals surface area contributed by atoms with Gasteiger partial charge in [-0.2, -0.15) is 0 Å². The van der Waals surface area contributed by atoms with Crippen molar-refractivity contribution in [3.63, 3.8) is 0 Å². The van der Waals surface area contributed by atoms with Crippen LogP contribution in [0.1, 0.15) is 11.8 Å². The maximum Gasteiger partial charge on any atom is 0.222 e. The van der Waals surface area contributed by atoms with Gasteiger partial charge in [0.2, 0.25) is 5.91 Å². The molecule has 6 heteroatoms. The number of anilines is 1. The minimum Gasteiger partial charge on any atom is -0.369 e. The summed E-state index contributed by atoms with van der Waals surface area (Å²) in [6.07, 6.45) is 0.300. The summed E-state index contributed by atoms with van der Waals surface area (Å²) in [7, 11) is 0. The van der Waals surface area contributed by atoms with Gasteiger partial charge in [-0.25, -0.2) is 4.98 Å². The van der Waals surface area contributed by atoms with Crippen LogP contribution in [0.2, 0.25) is 0 Å². The van der Waals surface area contributed by atoms with Gasteiger partial charge in [-0.15, -0.1) is 22.7 Å². The van der Waals surface area contributed by atoms with Crippen molar-refractivity contribution in [1.82, 2.24) is 4.98 Å². The number of amides is 1. The third-order valence-electron chi connectivity index (χ3n) is 2.09. The number of hydrogen-bond donors (Lipinski definition) is 2. The fourth-order valence-corrected chi connectivity index (χ4v) is 3.24. The number of primary amides is 1. The van der Waals surface area contributed by atoms with Crippen LogP contribution in [0.5, 0.6) is 0 Å². The molecule has 0 atom stereocenters. The molecule has 0 aliphatic heterocycles. The molecule has 4 nitrogen and oxygen atoms in total. The number of nitrogens with two attached hydrogens (primary N) is 1. The Morgan fingerprint density at radius 2 is 2.35 bits per heavy atom. The monoisotopic (exact) mass is 267 g/mol. The van der Waals surface area contributed by atoms with E-state index < -0.39 is 0 Å². The Morgan fingerprint density at radius 1 is 1.53 bits per heavy atom. The van der Waals surface area contributed by atoms with Crippen LogP contribution in [0.3, 0.4) is 0 Å². The zero-order valence-electron chi connectivity index (χ0n) is 9.40. The van der Waals surface area contributed by atoms with E-state index in [4.69, 9.17) is 5.73 Å². The first-order valence-electron chi connectivity index (χ1n) is 5.26. The Labute approximate surface area is 107 Å². The average molecular weight is 267 g/mol. The normalized spacial score (nSPS) is 10.4. The van der Waals surface area contributed by atoms with Gasteiger partial charge in [0.25, 0.3) is 0 Å². The largest absolute Gasteiger partial charge is 0.369 e. The zero-order chi connectivity index (χ0) is 12.3. The van der Waals surface area contributed by atoms with Crippen molar-refractivity contribution in [3.05, 3.63) is 22.4 Å². The van der Waals surface area contributed by atoms with E-state index in [-0.39, 0.29) is 5.91 Å². The van der Waals surface area contributed by atoms with Crippen LogP contribution >= 0.6 is 22.7 Å². The molecule has 1 amide bonds. The van der Waals surface area contributed by atoms with Crippen LogP contribution in [0.4, 0.5) is 5.13 Å². The van der Waals surface area contributed by atoms with E-state index in [1.54, 1.807) is 22.7 Å². The Hall–Kier alpha value is -1.40. The maximum absolute atomic E-state index is 10.8. The second-order valence-corrected chi connectivity index (χ2v) is 5.50. The molecule has 2 aromatic heterocycles. The van der Waals surface area contributed by atoms with Crippen molar-refractivity contribution in [2.24, 2.45) is 5.73 Å². The molecule has 0 spiro atoms. The van der Waals surface area contributed by atoms with Crippen LogP contribution in [0.15, 0.2) is 17.5 Å². The van der Waals surface area contributed by atoms with E-state index in [0.29, 0.717) is 6.42 Å². The van der Waals surface area contributed by atoms with Crippen molar-refractivity contribution >= 4 is 33.7 Å². The summed E-state index contributed by atoms with van der Waals surface area (Å²) in [6.45, 7) is 2.90. The minimum absolute atomic E-state index is 0.300. The van der Waals surface area contributed by atoms with Gasteiger partial charge in [0.05, 0.1) is 17.0 Å². The summed E-state index contributed by atoms with van der Waals surface area (Å²) < 4.78 is 0. The fourth-order valence-electron chi connectivity index (χ4n) is 1.40. The molecule has 0 aliphatic rings. The molecule has 2 heterocycles. The van der Waals surface area contributed by atoms with E-state index in [1.807, 2.05) is 24.4 Å². The van der Waals surface area contributed by atoms with E-state index in [0.717, 1.165) is 27.1 Å². The highest BCUT2D eigenvalue weighted by Gasteiger charge is 2.08. The number of hydrogen-bond acceptors (Lipinski definition) is 5. The highest BCUT2D eigenvalue weighted by molar-refractivity contribution is 7.17. The fraction of sp³-hybridized carbons (Fsp3) is 0.273. The van der Waals surface area contributed by atoms with Crippen LogP contribution in [0, 0.1) is 0 Å². The SMILES string of the molecule is CCNc1nc(-c2ccc(CC(N)=O)s2)cs1. The van der Waals surface area contributed by atoms with Gasteiger partial charge in [0.1, 0.15) is 0 Å². The van der Waals surface area contributed by atoms with E-state index in [2.05, 4.69) is 10.3 Å². The lowest BCUT2D eigenvalue weighted by Crippen LogP contribution is -2.12. The first kappa shape index (κ1) is 12.1. The van der Waals surface area contributed by atoms with Gasteiger partial charge >= 0.3 is 0 Å². The summed E-state index contributed by atoms with van der Waals surface area (Å²) >= 11 is 3.15. The second-order valence-electron chi connectivity index (χ2n) is 3.48. The number of carbonyl (C=O) groups excluding carboxylic acids is 1. The van der Waals surface area contributed by atoms with Gasteiger partial charge in [0.15, 0.2) is 5.13 Å². The quantitative estimate of drug-likeness (QED) is 0.873. The molecule has 0 aliphatic carbocycles. The number of carbonyl (C=O) groups is 1. The summed E-state index contributed by atoms with van der Waals surface area (Å²) in [6, 6.07) is 3.91. The predicted molar refractivity (Wildman–Crippen MR) is 72.5 cm³/mol. The average Bonchev–Trinajstić information content (AvgIpc) is 2.86. The van der Waals surface area contributed by atoms with Crippen molar-refractivity contribution < 1.29 is 4.79 Å². The van der Waals surface area contributed by atoms with Gasteiger partial charge in [-0.1, -0.05) is 0 Å². The molecular formula is C11H13N3OS2. The molecule has 3 N–H and O–H groups in total. The number of thiophene rings is 1. The highest BCUT2D eigenvalue weighted by Crippen LogP contribution is 2.30. The summed E-state index contributed by atoms with van der Waals surface area (Å²) in [5, 5.41) is 6.11. The highest BCUT2D eigenvalue weighted by atomic mass is 32.1. The topological polar surface area (TPSA) is 68.0 Å². The van der Waals surface area contributed by atoms with Crippen LogP contribution in [0.25, 0.3) is 10.6 Å². The smallest absolute Gasteiger partial charge is 0.222 e. The number of nitrogens with one attached hydrogen (secondary N) is 1. The zero-order valence-corrected chi connectivity index (χ0v) is 11.0. The third kappa shape index (κ3) is 3.04. The lowest BCUT2D eigenvalue weighted by molar-refractivity contribution is -0.117. The van der Waals surface area contributed by atoms with E-state index in [1.165, 1.54) is 0 Å². The van der Waals surface area contributed by atoms with Crippen LogP contribution < -0.4 is 11.1 Å². The Morgan fingerprint density at radius 3 is 3.06 bits per heavy atom. The van der Waals surface area contributed by atoms with Gasteiger partial charge in [-0.3, -0.25) is 4.79 Å². The predicted octanol–water partition coefficient (Wildman–Crippen LogP) is 2.33. The Kier molecular flexibility index (Phi) is 3.75. The van der Waals surface area contributed by atoms with Gasteiger partial charge in [-0.05, 0) is 19.1 Å². The van der Waals surface area contributed by atoms with Gasteiger partial charge in [0, 0.05) is 16.8 Å². The maximum atomic E-state index is 10.8. The standard InChI is InChI=1S/C11H13N3OS2/c1-2-13-11-14-8(6-16-11)9-4-3-7(17-9)5-10(12)15/h3-4,6H,2,5H2,1H3,(H2,12,15)(H,13,14). The van der Waals surface area contributed by atoms with Gasteiger partial charge < -0.3 is 11.1 Å². The Bertz CT molecular complexity index is 518. The Balaban J connectivity index is 2.15. The van der Waals surface area contributed by atoms with Crippen molar-refractivity contribution in [1.29, 1.82) is 0 Å². The van der Waals surface area contributed by atoms with E-state index in [9.17, 15) is 4.79 Å². The number of aromatic nitrogens is 1. The van der Waals surface area contributed by atoms with E-state index >= 15 is 0 Å². The summed E-state index contributed by atoms with van der Waals surface area (Å²) in [5.41, 5.74) is 6.11. The van der Waals surface area contributed by atoms with Crippen molar-refractivity contribution in [3.8, 4) is 10.6 Å². The molecule has 0 aromatic carbocycles. The van der Waals surface area contributed by atoms with Crippen LogP contribution in [-0.2, 0) is 11.2 Å². The molecule has 0 unspecified atom stereocenters. The summed E-state index contributed by atoms with van der Waals surface area (Å²) in [4.78, 5) is 17.3. The minimum atomic E-state index is -0.301. The first-order valence-corrected chi connectivity index (χ1v) is 6.95. The first-order chi connectivity index (χ1) is 8.19. The third-order valence-corrected chi connectivity index (χ3v) is 4.00. The molecule has 0 saturated heterocycles. The molecule has 2 aromatic rings. The molecule has 0 radical (unpaired) electrons. The molecular weight excluding hydrogens is 254 g/mol. The molecule has 2 rings (SSSR count). The number of rotatable bonds is 5. The van der Waals surface area contributed by atoms with Crippen molar-refractivity contribution in [2.45, 2.75) is 13.3 Å². The molecule has 17 heavy (non-hydrogen) atoms. The summed E-state index contributed by atoms with van der Waals surface area (Å²) in [5.74, 6) is -0.301. The molecule has 90 valence electrons. The number of nitrogens with zero attached hydrogens (tertiary/aromatic N) is 1. The molecule has 0 saturated carbocycles. The molecule has 0 fully saturated rings. The van der Waals surface area contributed by atoms with Crippen LogP contribution in [-0.4, -0.2) is 17.4 Å². The van der Waals surface area contributed by atoms with Crippen molar-refractivity contribution in [2.75, 3.05) is 11.9 Å². The molecule has 0 bridgehead atoms. The second kappa shape index (κ2) is 5.29.